The smallest absolute Gasteiger partial charge is 0.308 e. The van der Waals surface area contributed by atoms with Gasteiger partial charge in [-0.2, -0.15) is 0 Å². The molecule has 1 aliphatic heterocycles. The minimum Gasteiger partial charge on any atom is -0.462 e. The van der Waals surface area contributed by atoms with Crippen LogP contribution >= 0.6 is 0 Å². The molecular weight excluding hydrogens is 490 g/mol. The van der Waals surface area contributed by atoms with Crippen molar-refractivity contribution in [1.82, 2.24) is 4.90 Å². The second-order valence-electron chi connectivity index (χ2n) is 12.5. The van der Waals surface area contributed by atoms with E-state index in [1.165, 1.54) is 5.57 Å². The van der Waals surface area contributed by atoms with E-state index in [2.05, 4.69) is 54.2 Å². The van der Waals surface area contributed by atoms with E-state index >= 15 is 0 Å². The number of likely N-dealkylation sites (tertiary alicyclic amines) is 1. The van der Waals surface area contributed by atoms with Gasteiger partial charge in [0.05, 0.1) is 18.1 Å². The third kappa shape index (κ3) is 11.8. The van der Waals surface area contributed by atoms with Crippen LogP contribution in [0.4, 0.5) is 0 Å². The normalized spacial score (nSPS) is 19.8. The van der Waals surface area contributed by atoms with Gasteiger partial charge in [0.2, 0.25) is 5.91 Å². The highest BCUT2D eigenvalue weighted by Crippen LogP contribution is 2.32. The van der Waals surface area contributed by atoms with Gasteiger partial charge in [-0.25, -0.2) is 0 Å². The van der Waals surface area contributed by atoms with Gasteiger partial charge < -0.3 is 19.1 Å². The molecule has 1 rings (SSSR count). The Morgan fingerprint density at radius 2 is 1.69 bits per heavy atom. The summed E-state index contributed by atoms with van der Waals surface area (Å²) in [5.74, 6) is 1.25. The summed E-state index contributed by atoms with van der Waals surface area (Å²) in [6.45, 7) is 22.0. The first-order valence-electron chi connectivity index (χ1n) is 15.3. The van der Waals surface area contributed by atoms with E-state index in [1.54, 1.807) is 12.0 Å². The van der Waals surface area contributed by atoms with Gasteiger partial charge in [0, 0.05) is 45.2 Å². The molecule has 6 heteroatoms. The Hall–Kier alpha value is -1.66. The van der Waals surface area contributed by atoms with Crippen LogP contribution in [-0.4, -0.2) is 55.9 Å². The number of carbonyl (C=O) groups is 2. The summed E-state index contributed by atoms with van der Waals surface area (Å²) in [4.78, 5) is 26.5. The molecule has 226 valence electrons. The zero-order valence-corrected chi connectivity index (χ0v) is 26.7. The van der Waals surface area contributed by atoms with Crippen LogP contribution < -0.4 is 0 Å². The molecule has 0 saturated carbocycles. The molecule has 1 aliphatic rings. The Balaban J connectivity index is 2.97. The van der Waals surface area contributed by atoms with E-state index in [1.807, 2.05) is 27.2 Å². The van der Waals surface area contributed by atoms with Crippen LogP contribution in [0.2, 0.25) is 0 Å². The van der Waals surface area contributed by atoms with Gasteiger partial charge in [0.15, 0.2) is 0 Å². The minimum atomic E-state index is -0.269. The molecule has 0 aliphatic carbocycles. The van der Waals surface area contributed by atoms with Crippen molar-refractivity contribution in [2.75, 3.05) is 20.8 Å². The number of amides is 1. The van der Waals surface area contributed by atoms with Crippen molar-refractivity contribution in [1.29, 1.82) is 0 Å². The van der Waals surface area contributed by atoms with Gasteiger partial charge in [-0.05, 0) is 56.3 Å². The van der Waals surface area contributed by atoms with Crippen LogP contribution in [0.3, 0.4) is 0 Å². The highest BCUT2D eigenvalue weighted by atomic mass is 16.5. The van der Waals surface area contributed by atoms with E-state index in [9.17, 15) is 9.59 Å². The first-order valence-corrected chi connectivity index (χ1v) is 15.3. The Kier molecular flexibility index (Phi) is 16.2. The van der Waals surface area contributed by atoms with Crippen LogP contribution in [0, 0.1) is 35.5 Å². The Labute approximate surface area is 239 Å². The summed E-state index contributed by atoms with van der Waals surface area (Å²) in [6.07, 6.45) is 9.87. The highest BCUT2D eigenvalue weighted by molar-refractivity contribution is 5.79. The summed E-state index contributed by atoms with van der Waals surface area (Å²) >= 11 is 0. The topological polar surface area (TPSA) is 65.1 Å². The number of hydrogen-bond acceptors (Lipinski definition) is 5. The first kappa shape index (κ1) is 35.4. The predicted octanol–water partition coefficient (Wildman–Crippen LogP) is 7.43. The molecule has 7 atom stereocenters. The fraction of sp³-hybridized carbons (Fsp3) is 0.818. The fourth-order valence-electron chi connectivity index (χ4n) is 5.59. The number of hydrogen-bond donors (Lipinski definition) is 0. The lowest BCUT2D eigenvalue weighted by molar-refractivity contribution is -0.159. The molecule has 0 unspecified atom stereocenters. The second-order valence-corrected chi connectivity index (χ2v) is 12.5. The van der Waals surface area contributed by atoms with E-state index in [0.717, 1.165) is 45.1 Å². The molecule has 6 nitrogen and oxygen atoms in total. The molecule has 0 radical (unpaired) electrons. The number of nitrogens with zero attached hydrogens (tertiary/aromatic N) is 1. The van der Waals surface area contributed by atoms with Gasteiger partial charge >= 0.3 is 5.97 Å². The van der Waals surface area contributed by atoms with Crippen molar-refractivity contribution in [2.45, 2.75) is 119 Å². The largest absolute Gasteiger partial charge is 0.462 e. The third-order valence-electron chi connectivity index (χ3n) is 8.69. The molecule has 0 aromatic carbocycles. The average molecular weight is 550 g/mol. The zero-order chi connectivity index (χ0) is 29.7. The van der Waals surface area contributed by atoms with E-state index in [4.69, 9.17) is 14.2 Å². The molecule has 0 aromatic heterocycles. The van der Waals surface area contributed by atoms with Crippen molar-refractivity contribution in [3.63, 3.8) is 0 Å². The molecule has 0 spiro atoms. The van der Waals surface area contributed by atoms with Gasteiger partial charge in [0.25, 0.3) is 0 Å². The van der Waals surface area contributed by atoms with Crippen LogP contribution in [0.1, 0.15) is 100 Å². The molecule has 0 aromatic rings. The number of allylic oxidation sites excluding steroid dienone is 1. The van der Waals surface area contributed by atoms with Gasteiger partial charge in [-0.15, -0.1) is 0 Å². The summed E-state index contributed by atoms with van der Waals surface area (Å²) < 4.78 is 18.1. The van der Waals surface area contributed by atoms with E-state index < -0.39 is 0 Å². The fourth-order valence-corrected chi connectivity index (χ4v) is 5.59. The third-order valence-corrected chi connectivity index (χ3v) is 8.69. The molecule has 39 heavy (non-hydrogen) atoms. The van der Waals surface area contributed by atoms with Crippen LogP contribution in [0.5, 0.6) is 0 Å². The number of carbonyl (C=O) groups excluding carboxylic acids is 2. The van der Waals surface area contributed by atoms with Crippen LogP contribution in [0.15, 0.2) is 24.4 Å². The highest BCUT2D eigenvalue weighted by Gasteiger charge is 2.33. The summed E-state index contributed by atoms with van der Waals surface area (Å²) in [5.41, 5.74) is 1.30. The Bertz CT molecular complexity index is 776. The number of ether oxygens (including phenoxy) is 3. The van der Waals surface area contributed by atoms with E-state index in [-0.39, 0.29) is 47.9 Å². The predicted molar refractivity (Wildman–Crippen MR) is 160 cm³/mol. The molecule has 1 heterocycles. The Morgan fingerprint density at radius 3 is 2.18 bits per heavy atom. The van der Waals surface area contributed by atoms with Crippen LogP contribution in [0.25, 0.3) is 0 Å². The average Bonchev–Trinajstić information content (AvgIpc) is 3.31. The maximum atomic E-state index is 12.7. The lowest BCUT2D eigenvalue weighted by atomic mass is 9.80. The van der Waals surface area contributed by atoms with Crippen molar-refractivity contribution in [3.8, 4) is 0 Å². The molecule has 0 N–H and O–H groups in total. The maximum absolute atomic E-state index is 12.7. The Morgan fingerprint density at radius 1 is 1.03 bits per heavy atom. The quantitative estimate of drug-likeness (QED) is 0.124. The lowest BCUT2D eigenvalue weighted by Crippen LogP contribution is -2.39. The first-order chi connectivity index (χ1) is 18.4. The van der Waals surface area contributed by atoms with Crippen molar-refractivity contribution >= 4 is 11.9 Å². The molecule has 1 fully saturated rings. The number of esters is 1. The maximum Gasteiger partial charge on any atom is 0.308 e. The molecular formula is C33H59NO5. The second kappa shape index (κ2) is 17.9. The van der Waals surface area contributed by atoms with Crippen molar-refractivity contribution < 1.29 is 23.8 Å². The molecule has 0 bridgehead atoms. The van der Waals surface area contributed by atoms with Gasteiger partial charge in [-0.3, -0.25) is 9.59 Å². The van der Waals surface area contributed by atoms with Crippen molar-refractivity contribution in [3.05, 3.63) is 24.4 Å². The summed E-state index contributed by atoms with van der Waals surface area (Å²) in [6, 6.07) is 0. The lowest BCUT2D eigenvalue weighted by Gasteiger charge is -2.34. The summed E-state index contributed by atoms with van der Waals surface area (Å²) in [7, 11) is 3.53. The molecule has 1 amide bonds. The van der Waals surface area contributed by atoms with Gasteiger partial charge in [0.1, 0.15) is 6.10 Å². The standard InChI is InChI=1S/C33H59NO5/c1-12-24(6)20-28(22(2)3)21-30(37-10)25(7)15-16-29(39-33(36)23(4)5)27(9)32(38-11)26(8)17-19-34-18-13-14-31(34)35/h17,19,22-23,25-30,32H,6,12-16,18,20-21H2,1-5,7-11H3/b19-17+/t25-,26+,27-,28-,29+,30-,32+/m0/s1. The summed E-state index contributed by atoms with van der Waals surface area (Å²) in [5, 5.41) is 0. The zero-order valence-electron chi connectivity index (χ0n) is 26.7. The van der Waals surface area contributed by atoms with Crippen LogP contribution in [-0.2, 0) is 23.8 Å². The van der Waals surface area contributed by atoms with Gasteiger partial charge in [-0.1, -0.05) is 73.6 Å². The number of methoxy groups -OCH3 is 2. The minimum absolute atomic E-state index is 0.0175. The number of rotatable bonds is 19. The SMILES string of the molecule is C=C(CC)C[C@@H](C[C@H](OC)[C@@H](C)CC[C@@H](OC(=O)C(C)C)[C@H](C)[C@H](OC)[C@H](C)/C=C/N1CCCC1=O)C(C)C. The van der Waals surface area contributed by atoms with Crippen molar-refractivity contribution in [2.24, 2.45) is 35.5 Å². The monoisotopic (exact) mass is 549 g/mol. The van der Waals surface area contributed by atoms with E-state index in [0.29, 0.717) is 24.2 Å². The molecule has 1 saturated heterocycles.